The van der Waals surface area contributed by atoms with E-state index >= 15 is 0 Å². The third kappa shape index (κ3) is 9.88. The van der Waals surface area contributed by atoms with Crippen molar-refractivity contribution in [3.63, 3.8) is 0 Å². The number of sulfonamides is 1. The number of hydrogen-bond acceptors (Lipinski definition) is 5. The van der Waals surface area contributed by atoms with Crippen LogP contribution in [-0.4, -0.2) is 38.6 Å². The summed E-state index contributed by atoms with van der Waals surface area (Å²) in [5.74, 6) is -0.607. The van der Waals surface area contributed by atoms with E-state index in [4.69, 9.17) is 4.74 Å². The number of anilines is 1. The fourth-order valence-corrected chi connectivity index (χ4v) is 3.98. The van der Waals surface area contributed by atoms with Crippen LogP contribution in [0.5, 0.6) is 0 Å². The first-order valence-corrected chi connectivity index (χ1v) is 12.1. The van der Waals surface area contributed by atoms with E-state index in [0.717, 1.165) is 5.56 Å². The Balaban J connectivity index is 2.09. The van der Waals surface area contributed by atoms with E-state index in [1.54, 1.807) is 45.0 Å². The summed E-state index contributed by atoms with van der Waals surface area (Å²) in [5, 5.41) is 5.40. The summed E-state index contributed by atoms with van der Waals surface area (Å²) in [6.07, 6.45) is 1.05. The van der Waals surface area contributed by atoms with Crippen molar-refractivity contribution in [2.75, 3.05) is 11.9 Å². The highest BCUT2D eigenvalue weighted by atomic mass is 32.2. The number of rotatable bonds is 10. The van der Waals surface area contributed by atoms with Crippen LogP contribution in [0.25, 0.3) is 0 Å². The first-order valence-electron chi connectivity index (χ1n) is 10.5. The van der Waals surface area contributed by atoms with Gasteiger partial charge in [0.2, 0.25) is 15.9 Å². The molecule has 0 radical (unpaired) electrons. The van der Waals surface area contributed by atoms with Crippen molar-refractivity contribution in [3.05, 3.63) is 78.4 Å². The lowest BCUT2D eigenvalue weighted by Crippen LogP contribution is -2.47. The van der Waals surface area contributed by atoms with Gasteiger partial charge < -0.3 is 15.4 Å². The molecule has 0 aliphatic heterocycles. The van der Waals surface area contributed by atoms with E-state index in [1.165, 1.54) is 6.08 Å². The highest BCUT2D eigenvalue weighted by Crippen LogP contribution is 2.14. The molecule has 0 bridgehead atoms. The van der Waals surface area contributed by atoms with Gasteiger partial charge in [-0.05, 0) is 44.0 Å². The molecular weight excluding hydrogens is 442 g/mol. The maximum absolute atomic E-state index is 13.0. The molecule has 0 aliphatic rings. The molecule has 0 saturated carbocycles. The van der Waals surface area contributed by atoms with Gasteiger partial charge >= 0.3 is 6.09 Å². The normalized spacial score (nSPS) is 12.5. The fourth-order valence-electron chi connectivity index (χ4n) is 2.88. The van der Waals surface area contributed by atoms with Gasteiger partial charge in [-0.25, -0.2) is 17.9 Å². The molecule has 178 valence electrons. The fraction of sp³-hybridized carbons (Fsp3) is 0.333. The second-order valence-corrected chi connectivity index (χ2v) is 10.3. The van der Waals surface area contributed by atoms with Crippen LogP contribution in [-0.2, 0) is 31.7 Å². The zero-order valence-electron chi connectivity index (χ0n) is 19.1. The van der Waals surface area contributed by atoms with Gasteiger partial charge in [-0.1, -0.05) is 48.5 Å². The highest BCUT2D eigenvalue weighted by molar-refractivity contribution is 7.88. The van der Waals surface area contributed by atoms with Crippen molar-refractivity contribution in [1.29, 1.82) is 0 Å². The first-order chi connectivity index (χ1) is 15.5. The van der Waals surface area contributed by atoms with Crippen LogP contribution in [0.15, 0.2) is 67.3 Å². The van der Waals surface area contributed by atoms with Crippen LogP contribution >= 0.6 is 0 Å². The van der Waals surface area contributed by atoms with Gasteiger partial charge in [0, 0.05) is 18.7 Å². The van der Waals surface area contributed by atoms with Crippen molar-refractivity contribution >= 4 is 27.7 Å². The minimum absolute atomic E-state index is 0.157. The Morgan fingerprint density at radius 2 is 1.67 bits per heavy atom. The van der Waals surface area contributed by atoms with E-state index in [1.807, 2.05) is 30.3 Å². The summed E-state index contributed by atoms with van der Waals surface area (Å²) < 4.78 is 31.7. The molecule has 9 heteroatoms. The molecule has 0 aliphatic carbocycles. The van der Waals surface area contributed by atoms with Crippen molar-refractivity contribution in [2.45, 2.75) is 44.6 Å². The Morgan fingerprint density at radius 1 is 1.03 bits per heavy atom. The number of benzene rings is 2. The van der Waals surface area contributed by atoms with Gasteiger partial charge in [-0.3, -0.25) is 4.79 Å². The predicted octanol–water partition coefficient (Wildman–Crippen LogP) is 3.37. The summed E-state index contributed by atoms with van der Waals surface area (Å²) in [6, 6.07) is 14.9. The molecule has 0 fully saturated rings. The SMILES string of the molecule is C=CCNS(=O)(=O)Cc1ccc(NC(=O)C(Cc2ccccc2)NC(=O)OC(C)(C)C)cc1. The smallest absolute Gasteiger partial charge is 0.408 e. The van der Waals surface area contributed by atoms with Gasteiger partial charge in [0.1, 0.15) is 11.6 Å². The van der Waals surface area contributed by atoms with Crippen LogP contribution in [0.4, 0.5) is 10.5 Å². The molecule has 0 aromatic heterocycles. The van der Waals surface area contributed by atoms with Gasteiger partial charge in [0.05, 0.1) is 5.75 Å². The molecule has 2 rings (SSSR count). The van der Waals surface area contributed by atoms with Crippen molar-refractivity contribution < 1.29 is 22.7 Å². The molecule has 0 saturated heterocycles. The monoisotopic (exact) mass is 473 g/mol. The number of carbonyl (C=O) groups is 2. The standard InChI is InChI=1S/C24H31N3O5S/c1-5-15-25-33(30,31)17-19-11-13-20(14-12-19)26-22(28)21(16-18-9-7-6-8-10-18)27-23(29)32-24(2,3)4/h5-14,21,25H,1,15-17H2,2-4H3,(H,26,28)(H,27,29). The Kier molecular flexibility index (Phi) is 9.19. The lowest BCUT2D eigenvalue weighted by molar-refractivity contribution is -0.118. The Bertz CT molecular complexity index is 1050. The summed E-state index contributed by atoms with van der Waals surface area (Å²) >= 11 is 0. The quantitative estimate of drug-likeness (QED) is 0.458. The van der Waals surface area contributed by atoms with Crippen LogP contribution in [0, 0.1) is 0 Å². The summed E-state index contributed by atoms with van der Waals surface area (Å²) in [4.78, 5) is 25.2. The maximum atomic E-state index is 13.0. The van der Waals surface area contributed by atoms with Crippen LogP contribution in [0.3, 0.4) is 0 Å². The van der Waals surface area contributed by atoms with Crippen molar-refractivity contribution in [1.82, 2.24) is 10.0 Å². The van der Waals surface area contributed by atoms with E-state index in [-0.39, 0.29) is 18.7 Å². The molecule has 33 heavy (non-hydrogen) atoms. The summed E-state index contributed by atoms with van der Waals surface area (Å²) in [5.41, 5.74) is 1.22. The zero-order chi connectivity index (χ0) is 24.5. The number of amides is 2. The number of carbonyl (C=O) groups excluding carboxylic acids is 2. The number of hydrogen-bond donors (Lipinski definition) is 3. The minimum Gasteiger partial charge on any atom is -0.444 e. The summed E-state index contributed by atoms with van der Waals surface area (Å²) in [7, 11) is -3.48. The molecule has 3 N–H and O–H groups in total. The van der Waals surface area contributed by atoms with E-state index in [9.17, 15) is 18.0 Å². The molecule has 8 nitrogen and oxygen atoms in total. The average Bonchev–Trinajstić information content (AvgIpc) is 2.72. The lowest BCUT2D eigenvalue weighted by atomic mass is 10.1. The average molecular weight is 474 g/mol. The highest BCUT2D eigenvalue weighted by Gasteiger charge is 2.25. The number of alkyl carbamates (subject to hydrolysis) is 1. The Hall–Kier alpha value is -3.17. The third-order valence-corrected chi connectivity index (χ3v) is 5.64. The van der Waals surface area contributed by atoms with Gasteiger partial charge in [0.15, 0.2) is 0 Å². The maximum Gasteiger partial charge on any atom is 0.408 e. The molecular formula is C24H31N3O5S. The topological polar surface area (TPSA) is 114 Å². The van der Waals surface area contributed by atoms with E-state index < -0.39 is 33.7 Å². The molecule has 0 heterocycles. The summed E-state index contributed by atoms with van der Waals surface area (Å²) in [6.45, 7) is 8.87. The van der Waals surface area contributed by atoms with Crippen molar-refractivity contribution in [3.8, 4) is 0 Å². The van der Waals surface area contributed by atoms with Crippen LogP contribution in [0.1, 0.15) is 31.9 Å². The lowest BCUT2D eigenvalue weighted by Gasteiger charge is -2.23. The van der Waals surface area contributed by atoms with Crippen molar-refractivity contribution in [2.24, 2.45) is 0 Å². The van der Waals surface area contributed by atoms with Gasteiger partial charge in [-0.2, -0.15) is 0 Å². The van der Waals surface area contributed by atoms with E-state index in [0.29, 0.717) is 11.3 Å². The minimum atomic E-state index is -3.48. The number of ether oxygens (including phenoxy) is 1. The predicted molar refractivity (Wildman–Crippen MR) is 129 cm³/mol. The molecule has 0 spiro atoms. The second kappa shape index (κ2) is 11.6. The molecule has 1 unspecified atom stereocenters. The Labute approximate surface area is 195 Å². The van der Waals surface area contributed by atoms with E-state index in [2.05, 4.69) is 21.9 Å². The molecule has 2 aromatic carbocycles. The molecule has 2 amide bonds. The van der Waals surface area contributed by atoms with Gasteiger partial charge in [-0.15, -0.1) is 6.58 Å². The van der Waals surface area contributed by atoms with Crippen LogP contribution < -0.4 is 15.4 Å². The zero-order valence-corrected chi connectivity index (χ0v) is 19.9. The largest absolute Gasteiger partial charge is 0.444 e. The number of nitrogens with one attached hydrogen (secondary N) is 3. The first kappa shape index (κ1) is 26.1. The molecule has 1 atom stereocenters. The Morgan fingerprint density at radius 3 is 2.24 bits per heavy atom. The second-order valence-electron chi connectivity index (χ2n) is 8.47. The third-order valence-electron chi connectivity index (χ3n) is 4.32. The van der Waals surface area contributed by atoms with Gasteiger partial charge in [0.25, 0.3) is 0 Å². The van der Waals surface area contributed by atoms with Crippen LogP contribution in [0.2, 0.25) is 0 Å². The molecule has 2 aromatic rings.